The second kappa shape index (κ2) is 5.34. The van der Waals surface area contributed by atoms with Gasteiger partial charge in [0.1, 0.15) is 0 Å². The molecule has 0 fully saturated rings. The number of pyridine rings is 1. The Bertz CT molecular complexity index is 794. The van der Waals surface area contributed by atoms with Crippen LogP contribution in [-0.2, 0) is 0 Å². The van der Waals surface area contributed by atoms with Crippen LogP contribution in [0.25, 0.3) is 11.4 Å². The molecule has 1 aliphatic rings. The summed E-state index contributed by atoms with van der Waals surface area (Å²) in [5, 5.41) is 2.77. The van der Waals surface area contributed by atoms with Gasteiger partial charge in [-0.1, -0.05) is 18.2 Å². The molecule has 1 aromatic heterocycles. The summed E-state index contributed by atoms with van der Waals surface area (Å²) >= 11 is 0. The maximum atomic E-state index is 13.9. The Labute approximate surface area is 120 Å². The first-order chi connectivity index (χ1) is 10.1. The third kappa shape index (κ3) is 2.61. The second-order valence-electron chi connectivity index (χ2n) is 4.55. The van der Waals surface area contributed by atoms with Crippen molar-refractivity contribution in [1.29, 1.82) is 0 Å². The predicted octanol–water partition coefficient (Wildman–Crippen LogP) is 1.39. The fourth-order valence-electron chi connectivity index (χ4n) is 2.14. The highest BCUT2D eigenvalue weighted by Gasteiger charge is 2.15. The Balaban J connectivity index is 2.08. The number of hydrogen-bond acceptors (Lipinski definition) is 4. The fourth-order valence-corrected chi connectivity index (χ4v) is 2.14. The van der Waals surface area contributed by atoms with Gasteiger partial charge in [0.25, 0.3) is 5.56 Å². The molecule has 21 heavy (non-hydrogen) atoms. The highest BCUT2D eigenvalue weighted by molar-refractivity contribution is 5.89. The number of nitrogens with one attached hydrogen (secondary N) is 1. The molecule has 1 unspecified atom stereocenters. The molecule has 3 rings (SSSR count). The Morgan fingerprint density at radius 3 is 2.90 bits per heavy atom. The summed E-state index contributed by atoms with van der Waals surface area (Å²) in [5.74, 6) is -0.491. The number of hydrogen-bond donors (Lipinski definition) is 2. The third-order valence-corrected chi connectivity index (χ3v) is 3.12. The van der Waals surface area contributed by atoms with E-state index in [0.717, 1.165) is 6.21 Å². The fraction of sp³-hybridized carbons (Fsp3) is 0.0667. The molecule has 0 saturated heterocycles. The van der Waals surface area contributed by atoms with E-state index < -0.39 is 12.1 Å². The minimum absolute atomic E-state index is 0.154. The molecular weight excluding hydrogens is 271 g/mol. The van der Waals surface area contributed by atoms with E-state index in [-0.39, 0.29) is 11.3 Å². The van der Waals surface area contributed by atoms with Gasteiger partial charge in [-0.25, -0.2) is 4.39 Å². The second-order valence-corrected chi connectivity index (χ2v) is 4.55. The molecule has 106 valence electrons. The zero-order valence-corrected chi connectivity index (χ0v) is 11.0. The molecule has 5 nitrogen and oxygen atoms in total. The van der Waals surface area contributed by atoms with Crippen molar-refractivity contribution in [2.75, 3.05) is 0 Å². The summed E-state index contributed by atoms with van der Waals surface area (Å²) in [6.07, 6.45) is 2.08. The lowest BCUT2D eigenvalue weighted by atomic mass is 10.1. The van der Waals surface area contributed by atoms with Crippen LogP contribution >= 0.6 is 0 Å². The lowest BCUT2D eigenvalue weighted by Crippen LogP contribution is -2.37. The molecular formula is C15H13FN4O. The molecule has 0 spiro atoms. The van der Waals surface area contributed by atoms with Crippen LogP contribution in [0.1, 0.15) is 5.56 Å². The van der Waals surface area contributed by atoms with Gasteiger partial charge >= 0.3 is 0 Å². The average Bonchev–Trinajstić information content (AvgIpc) is 2.50. The monoisotopic (exact) mass is 284 g/mol. The summed E-state index contributed by atoms with van der Waals surface area (Å²) in [6.45, 7) is 0. The number of aliphatic imine (C=N–C) groups is 1. The van der Waals surface area contributed by atoms with Crippen LogP contribution in [-0.4, -0.2) is 17.1 Å². The zero-order valence-electron chi connectivity index (χ0n) is 11.0. The SMILES string of the molecule is NC1N=CC(F)=C(c2cccc(-n3ccccc3=O)c2)N1. The van der Waals surface area contributed by atoms with E-state index >= 15 is 0 Å². The molecule has 2 aromatic rings. The predicted molar refractivity (Wildman–Crippen MR) is 79.7 cm³/mol. The molecule has 1 aromatic carbocycles. The van der Waals surface area contributed by atoms with Gasteiger partial charge in [-0.05, 0) is 18.2 Å². The van der Waals surface area contributed by atoms with Crippen molar-refractivity contribution < 1.29 is 4.39 Å². The Kier molecular flexibility index (Phi) is 3.37. The maximum Gasteiger partial charge on any atom is 0.255 e. The first kappa shape index (κ1) is 13.3. The number of nitrogens with two attached hydrogens (primary N) is 1. The number of aromatic nitrogens is 1. The van der Waals surface area contributed by atoms with Crippen molar-refractivity contribution in [2.24, 2.45) is 10.7 Å². The lowest BCUT2D eigenvalue weighted by molar-refractivity contribution is 0.606. The van der Waals surface area contributed by atoms with Gasteiger partial charge in [-0.2, -0.15) is 0 Å². The number of halogens is 1. The van der Waals surface area contributed by atoms with Crippen molar-refractivity contribution in [3.63, 3.8) is 0 Å². The number of benzene rings is 1. The lowest BCUT2D eigenvalue weighted by Gasteiger charge is -2.19. The Morgan fingerprint density at radius 1 is 1.24 bits per heavy atom. The number of nitrogens with zero attached hydrogens (tertiary/aromatic N) is 2. The molecule has 6 heteroatoms. The molecule has 1 aliphatic heterocycles. The summed E-state index contributed by atoms with van der Waals surface area (Å²) in [6, 6.07) is 11.9. The van der Waals surface area contributed by atoms with Crippen LogP contribution in [0.2, 0.25) is 0 Å². The molecule has 0 amide bonds. The molecule has 0 saturated carbocycles. The van der Waals surface area contributed by atoms with Crippen molar-refractivity contribution in [2.45, 2.75) is 6.29 Å². The van der Waals surface area contributed by atoms with Gasteiger partial charge in [0.05, 0.1) is 11.9 Å². The van der Waals surface area contributed by atoms with E-state index in [1.807, 2.05) is 0 Å². The summed E-state index contributed by atoms with van der Waals surface area (Å²) in [5.41, 5.74) is 6.99. The standard InChI is InChI=1S/C15H13FN4O/c16-12-9-18-15(17)19-14(12)10-4-3-5-11(8-10)20-7-2-1-6-13(20)21/h1-9,15,19H,17H2. The highest BCUT2D eigenvalue weighted by atomic mass is 19.1. The van der Waals surface area contributed by atoms with Crippen LogP contribution < -0.4 is 16.6 Å². The minimum Gasteiger partial charge on any atom is -0.349 e. The third-order valence-electron chi connectivity index (χ3n) is 3.12. The van der Waals surface area contributed by atoms with Crippen LogP contribution in [0.15, 0.2) is 64.3 Å². The van der Waals surface area contributed by atoms with Crippen molar-refractivity contribution in [3.8, 4) is 5.69 Å². The Hall–Kier alpha value is -2.73. The van der Waals surface area contributed by atoms with Gasteiger partial charge in [0, 0.05) is 23.5 Å². The van der Waals surface area contributed by atoms with Gasteiger partial charge in [0.15, 0.2) is 12.1 Å². The highest BCUT2D eigenvalue weighted by Crippen LogP contribution is 2.21. The zero-order chi connectivity index (χ0) is 14.8. The minimum atomic E-state index is -0.678. The summed E-state index contributed by atoms with van der Waals surface area (Å²) in [4.78, 5) is 15.6. The topological polar surface area (TPSA) is 72.4 Å². The van der Waals surface area contributed by atoms with E-state index in [1.165, 1.54) is 10.6 Å². The van der Waals surface area contributed by atoms with Crippen molar-refractivity contribution >= 4 is 11.9 Å². The summed E-state index contributed by atoms with van der Waals surface area (Å²) in [7, 11) is 0. The normalized spacial score (nSPS) is 17.7. The van der Waals surface area contributed by atoms with Gasteiger partial charge in [-0.15, -0.1) is 0 Å². The van der Waals surface area contributed by atoms with Crippen LogP contribution in [0, 0.1) is 0 Å². The molecule has 0 bridgehead atoms. The van der Waals surface area contributed by atoms with Crippen molar-refractivity contribution in [1.82, 2.24) is 9.88 Å². The van der Waals surface area contributed by atoms with Gasteiger partial charge in [0.2, 0.25) is 0 Å². The quantitative estimate of drug-likeness (QED) is 0.875. The Morgan fingerprint density at radius 2 is 2.10 bits per heavy atom. The first-order valence-corrected chi connectivity index (χ1v) is 6.39. The maximum absolute atomic E-state index is 13.9. The molecule has 2 heterocycles. The number of rotatable bonds is 2. The molecule has 0 aliphatic carbocycles. The van der Waals surface area contributed by atoms with Gasteiger partial charge < -0.3 is 5.32 Å². The van der Waals surface area contributed by atoms with E-state index in [4.69, 9.17) is 5.73 Å². The first-order valence-electron chi connectivity index (χ1n) is 6.39. The van der Waals surface area contributed by atoms with Crippen LogP contribution in [0.5, 0.6) is 0 Å². The number of allylic oxidation sites excluding steroid dienone is 1. The van der Waals surface area contributed by atoms with E-state index in [2.05, 4.69) is 10.3 Å². The van der Waals surface area contributed by atoms with Crippen molar-refractivity contribution in [3.05, 3.63) is 70.4 Å². The van der Waals surface area contributed by atoms with E-state index in [9.17, 15) is 9.18 Å². The largest absolute Gasteiger partial charge is 0.349 e. The van der Waals surface area contributed by atoms with Crippen LogP contribution in [0.4, 0.5) is 4.39 Å². The molecule has 3 N–H and O–H groups in total. The van der Waals surface area contributed by atoms with Gasteiger partial charge in [-0.3, -0.25) is 20.1 Å². The smallest absolute Gasteiger partial charge is 0.255 e. The molecule has 1 atom stereocenters. The molecule has 0 radical (unpaired) electrons. The average molecular weight is 284 g/mol. The summed E-state index contributed by atoms with van der Waals surface area (Å²) < 4.78 is 15.3. The van der Waals surface area contributed by atoms with E-state index in [1.54, 1.807) is 42.6 Å². The van der Waals surface area contributed by atoms with Crippen LogP contribution in [0.3, 0.4) is 0 Å². The van der Waals surface area contributed by atoms with E-state index in [0.29, 0.717) is 11.3 Å².